The van der Waals surface area contributed by atoms with Crippen LogP contribution in [0.25, 0.3) is 0 Å². The average Bonchev–Trinajstić information content (AvgIpc) is 3.43. The Labute approximate surface area is 158 Å². The van der Waals surface area contributed by atoms with Gasteiger partial charge in [0.2, 0.25) is 15.9 Å². The molecule has 1 aliphatic carbocycles. The molecule has 0 aromatic heterocycles. The zero-order valence-corrected chi connectivity index (χ0v) is 16.0. The molecule has 1 aromatic rings. The highest BCUT2D eigenvalue weighted by molar-refractivity contribution is 7.89. The number of hydrogen-bond donors (Lipinski definition) is 2. The minimum atomic E-state index is -3.71. The van der Waals surface area contributed by atoms with Crippen molar-refractivity contribution in [2.45, 2.75) is 30.7 Å². The minimum Gasteiger partial charge on any atom is -0.452 e. The summed E-state index contributed by atoms with van der Waals surface area (Å²) in [6, 6.07) is 5.54. The first-order valence-corrected chi connectivity index (χ1v) is 10.0. The number of amides is 2. The molecule has 2 amide bonds. The van der Waals surface area contributed by atoms with Crippen LogP contribution in [0.2, 0.25) is 0 Å². The summed E-state index contributed by atoms with van der Waals surface area (Å²) in [5, 5.41) is 2.76. The van der Waals surface area contributed by atoms with E-state index in [-0.39, 0.29) is 35.5 Å². The van der Waals surface area contributed by atoms with E-state index >= 15 is 0 Å². The van der Waals surface area contributed by atoms with E-state index in [9.17, 15) is 22.8 Å². The summed E-state index contributed by atoms with van der Waals surface area (Å²) in [6.45, 7) is 1.19. The van der Waals surface area contributed by atoms with E-state index < -0.39 is 28.5 Å². The van der Waals surface area contributed by atoms with Crippen LogP contribution in [-0.2, 0) is 24.3 Å². The van der Waals surface area contributed by atoms with Gasteiger partial charge in [-0.05, 0) is 31.0 Å². The summed E-state index contributed by atoms with van der Waals surface area (Å²) in [6.07, 6.45) is 1.90. The Hall–Kier alpha value is -2.46. The van der Waals surface area contributed by atoms with Crippen molar-refractivity contribution < 1.29 is 27.5 Å². The number of carbonyl (C=O) groups is 3. The van der Waals surface area contributed by atoms with Crippen LogP contribution in [0.4, 0.5) is 0 Å². The van der Waals surface area contributed by atoms with Crippen LogP contribution in [0, 0.1) is 0 Å². The Kier molecular flexibility index (Phi) is 6.92. The summed E-state index contributed by atoms with van der Waals surface area (Å²) in [5.74, 6) is -1.63. The predicted octanol–water partition coefficient (Wildman–Crippen LogP) is -0.121. The Morgan fingerprint density at radius 3 is 2.59 bits per heavy atom. The standard InChI is InChI=1S/C17H23N3O6S/c1-3-18-27(24,25)14-6-4-5-12(9-14)17(23)26-11-16(22)20(2)10-15(21)19-13-7-8-13/h4-6,9,13,18H,3,7-8,10-11H2,1-2H3,(H,19,21). The molecule has 1 saturated carbocycles. The first kappa shape index (κ1) is 20.8. The van der Waals surface area contributed by atoms with Crippen LogP contribution in [0.5, 0.6) is 0 Å². The Balaban J connectivity index is 1.89. The molecule has 2 N–H and O–H groups in total. The van der Waals surface area contributed by atoms with E-state index in [4.69, 9.17) is 4.74 Å². The van der Waals surface area contributed by atoms with Gasteiger partial charge in [-0.3, -0.25) is 9.59 Å². The van der Waals surface area contributed by atoms with Gasteiger partial charge < -0.3 is 15.0 Å². The van der Waals surface area contributed by atoms with Gasteiger partial charge in [-0.2, -0.15) is 0 Å². The number of nitrogens with one attached hydrogen (secondary N) is 2. The number of hydrogen-bond acceptors (Lipinski definition) is 6. The Morgan fingerprint density at radius 2 is 1.96 bits per heavy atom. The number of esters is 1. The number of ether oxygens (including phenoxy) is 1. The van der Waals surface area contributed by atoms with Crippen molar-refractivity contribution >= 4 is 27.8 Å². The van der Waals surface area contributed by atoms with Gasteiger partial charge in [-0.1, -0.05) is 13.0 Å². The van der Waals surface area contributed by atoms with E-state index in [2.05, 4.69) is 10.0 Å². The van der Waals surface area contributed by atoms with E-state index in [0.717, 1.165) is 17.7 Å². The molecule has 9 nitrogen and oxygen atoms in total. The quantitative estimate of drug-likeness (QED) is 0.560. The maximum Gasteiger partial charge on any atom is 0.338 e. The van der Waals surface area contributed by atoms with Crippen LogP contribution in [-0.4, -0.2) is 63.9 Å². The summed E-state index contributed by atoms with van der Waals surface area (Å²) >= 11 is 0. The van der Waals surface area contributed by atoms with Crippen molar-refractivity contribution in [1.82, 2.24) is 14.9 Å². The molecule has 27 heavy (non-hydrogen) atoms. The lowest BCUT2D eigenvalue weighted by Crippen LogP contribution is -2.40. The molecular formula is C17H23N3O6S. The first-order valence-electron chi connectivity index (χ1n) is 8.53. The van der Waals surface area contributed by atoms with Gasteiger partial charge in [0.15, 0.2) is 6.61 Å². The maximum absolute atomic E-state index is 12.1. The molecule has 1 aliphatic rings. The second-order valence-electron chi connectivity index (χ2n) is 6.20. The first-order chi connectivity index (χ1) is 12.7. The molecule has 0 saturated heterocycles. The fourth-order valence-electron chi connectivity index (χ4n) is 2.19. The normalized spacial score (nSPS) is 13.7. The number of nitrogens with zero attached hydrogens (tertiary/aromatic N) is 1. The number of carbonyl (C=O) groups excluding carboxylic acids is 3. The molecule has 0 bridgehead atoms. The van der Waals surface area contributed by atoms with Crippen molar-refractivity contribution in [2.24, 2.45) is 0 Å². The van der Waals surface area contributed by atoms with Crippen LogP contribution in [0.1, 0.15) is 30.1 Å². The summed E-state index contributed by atoms with van der Waals surface area (Å²) < 4.78 is 31.2. The highest BCUT2D eigenvalue weighted by Crippen LogP contribution is 2.18. The topological polar surface area (TPSA) is 122 Å². The molecule has 0 spiro atoms. The third-order valence-electron chi connectivity index (χ3n) is 3.79. The van der Waals surface area contributed by atoms with Gasteiger partial charge in [0.05, 0.1) is 17.0 Å². The Morgan fingerprint density at radius 1 is 1.26 bits per heavy atom. The van der Waals surface area contributed by atoms with Gasteiger partial charge in [0, 0.05) is 19.6 Å². The molecule has 1 aromatic carbocycles. The third kappa shape index (κ3) is 6.33. The number of likely N-dealkylation sites (N-methyl/N-ethyl adjacent to an activating group) is 1. The number of benzene rings is 1. The summed E-state index contributed by atoms with van der Waals surface area (Å²) in [5.41, 5.74) is 0.0101. The summed E-state index contributed by atoms with van der Waals surface area (Å²) in [7, 11) is -2.27. The largest absolute Gasteiger partial charge is 0.452 e. The molecule has 0 aliphatic heterocycles. The molecule has 10 heteroatoms. The lowest BCUT2D eigenvalue weighted by Gasteiger charge is -2.16. The smallest absolute Gasteiger partial charge is 0.338 e. The monoisotopic (exact) mass is 397 g/mol. The second-order valence-corrected chi connectivity index (χ2v) is 7.96. The highest BCUT2D eigenvalue weighted by Gasteiger charge is 2.24. The minimum absolute atomic E-state index is 0.0101. The fraction of sp³-hybridized carbons (Fsp3) is 0.471. The maximum atomic E-state index is 12.1. The van der Waals surface area contributed by atoms with Gasteiger partial charge in [-0.25, -0.2) is 17.9 Å². The van der Waals surface area contributed by atoms with Crippen molar-refractivity contribution in [2.75, 3.05) is 26.7 Å². The predicted molar refractivity (Wildman–Crippen MR) is 96.4 cm³/mol. The molecule has 0 radical (unpaired) electrons. The molecule has 0 unspecified atom stereocenters. The molecule has 1 fully saturated rings. The van der Waals surface area contributed by atoms with Crippen LogP contribution in [0.15, 0.2) is 29.2 Å². The average molecular weight is 397 g/mol. The van der Waals surface area contributed by atoms with Gasteiger partial charge >= 0.3 is 5.97 Å². The molecule has 2 rings (SSSR count). The zero-order valence-electron chi connectivity index (χ0n) is 15.2. The van der Waals surface area contributed by atoms with Crippen molar-refractivity contribution in [1.29, 1.82) is 0 Å². The van der Waals surface area contributed by atoms with E-state index in [1.807, 2.05) is 0 Å². The molecule has 0 atom stereocenters. The highest BCUT2D eigenvalue weighted by atomic mass is 32.2. The Bertz CT molecular complexity index is 820. The van der Waals surface area contributed by atoms with Gasteiger partial charge in [0.25, 0.3) is 5.91 Å². The van der Waals surface area contributed by atoms with Crippen molar-refractivity contribution in [3.8, 4) is 0 Å². The van der Waals surface area contributed by atoms with E-state index in [1.165, 1.54) is 31.3 Å². The zero-order chi connectivity index (χ0) is 20.0. The lowest BCUT2D eigenvalue weighted by molar-refractivity contribution is -0.137. The number of sulfonamides is 1. The molecular weight excluding hydrogens is 374 g/mol. The van der Waals surface area contributed by atoms with Gasteiger partial charge in [0.1, 0.15) is 0 Å². The van der Waals surface area contributed by atoms with Crippen molar-refractivity contribution in [3.63, 3.8) is 0 Å². The van der Waals surface area contributed by atoms with Crippen LogP contribution < -0.4 is 10.0 Å². The van der Waals surface area contributed by atoms with E-state index in [1.54, 1.807) is 6.92 Å². The molecule has 148 valence electrons. The SMILES string of the molecule is CCNS(=O)(=O)c1cccc(C(=O)OCC(=O)N(C)CC(=O)NC2CC2)c1. The second kappa shape index (κ2) is 8.96. The summed E-state index contributed by atoms with van der Waals surface area (Å²) in [4.78, 5) is 36.9. The van der Waals surface area contributed by atoms with Crippen molar-refractivity contribution in [3.05, 3.63) is 29.8 Å². The third-order valence-corrected chi connectivity index (χ3v) is 5.33. The van der Waals surface area contributed by atoms with Gasteiger partial charge in [-0.15, -0.1) is 0 Å². The van der Waals surface area contributed by atoms with E-state index in [0.29, 0.717) is 0 Å². The molecule has 0 heterocycles. The number of rotatable bonds is 9. The lowest BCUT2D eigenvalue weighted by atomic mass is 10.2. The van der Waals surface area contributed by atoms with Crippen LogP contribution >= 0.6 is 0 Å². The van der Waals surface area contributed by atoms with Crippen LogP contribution in [0.3, 0.4) is 0 Å². The fourth-order valence-corrected chi connectivity index (χ4v) is 3.28.